The van der Waals surface area contributed by atoms with E-state index in [1.165, 1.54) is 11.8 Å². The third-order valence-corrected chi connectivity index (χ3v) is 3.66. The molecule has 2 rings (SSSR count). The summed E-state index contributed by atoms with van der Waals surface area (Å²) in [5, 5.41) is 2.77. The lowest BCUT2D eigenvalue weighted by Crippen LogP contribution is -2.23. The maximum absolute atomic E-state index is 12.2. The third-order valence-electron chi connectivity index (χ3n) is 2.88. The van der Waals surface area contributed by atoms with E-state index in [4.69, 9.17) is 16.9 Å². The number of benzene rings is 1. The number of rotatable bonds is 6. The monoisotopic (exact) mass is 344 g/mol. The van der Waals surface area contributed by atoms with Gasteiger partial charge in [0.15, 0.2) is 11.0 Å². The summed E-state index contributed by atoms with van der Waals surface area (Å²) in [7, 11) is 0. The van der Waals surface area contributed by atoms with Gasteiger partial charge in [-0.2, -0.15) is 0 Å². The number of carbonyl (C=O) groups excluding carboxylic acids is 1. The summed E-state index contributed by atoms with van der Waals surface area (Å²) in [6.07, 6.45) is 5.15. The van der Waals surface area contributed by atoms with E-state index in [-0.39, 0.29) is 11.5 Å². The number of terminal acetylenes is 1. The number of nitrogens with one attached hydrogen (secondary N) is 2. The first-order chi connectivity index (χ1) is 11.5. The molecule has 1 aromatic heterocycles. The Labute approximate surface area is 143 Å². The average molecular weight is 344 g/mol. The number of thioether (sulfide) groups is 1. The maximum Gasteiger partial charge on any atom is 0.277 e. The first kappa shape index (κ1) is 17.4. The number of aromatic amines is 1. The van der Waals surface area contributed by atoms with Crippen LogP contribution in [-0.2, 0) is 0 Å². The molecule has 0 fully saturated rings. The van der Waals surface area contributed by atoms with Crippen LogP contribution >= 0.6 is 11.8 Å². The lowest BCUT2D eigenvalue weighted by atomic mass is 10.2. The van der Waals surface area contributed by atoms with Crippen molar-refractivity contribution in [1.82, 2.24) is 9.97 Å². The molecule has 0 atom stereocenters. The van der Waals surface area contributed by atoms with Crippen molar-refractivity contribution >= 4 is 29.2 Å². The summed E-state index contributed by atoms with van der Waals surface area (Å²) in [4.78, 5) is 30.8. The molecule has 0 aliphatic carbocycles. The van der Waals surface area contributed by atoms with Crippen LogP contribution in [0.3, 0.4) is 0 Å². The second kappa shape index (κ2) is 8.08. The summed E-state index contributed by atoms with van der Waals surface area (Å²) in [5.41, 5.74) is 5.48. The Bertz CT molecular complexity index is 825. The lowest BCUT2D eigenvalue weighted by molar-refractivity contribution is 0.102. The van der Waals surface area contributed by atoms with Crippen molar-refractivity contribution in [2.45, 2.75) is 12.1 Å². The molecule has 0 radical (unpaired) electrons. The van der Waals surface area contributed by atoms with Crippen LogP contribution in [0, 0.1) is 12.3 Å². The molecule has 0 aliphatic rings. The quantitative estimate of drug-likeness (QED) is 0.418. The first-order valence-corrected chi connectivity index (χ1v) is 8.04. The molecule has 24 heavy (non-hydrogen) atoms. The Kier molecular flexibility index (Phi) is 5.87. The van der Waals surface area contributed by atoms with E-state index in [1.807, 2.05) is 6.92 Å². The number of hydrogen-bond donors (Lipinski definition) is 3. The minimum absolute atomic E-state index is 0.0717. The molecular formula is C16H16N4O3S. The van der Waals surface area contributed by atoms with Gasteiger partial charge in [0.25, 0.3) is 11.5 Å². The molecule has 4 N–H and O–H groups in total. The number of nitrogens with two attached hydrogens (primary N) is 1. The van der Waals surface area contributed by atoms with Gasteiger partial charge in [0, 0.05) is 5.56 Å². The van der Waals surface area contributed by atoms with E-state index in [9.17, 15) is 9.59 Å². The molecular weight excluding hydrogens is 328 g/mol. The smallest absolute Gasteiger partial charge is 0.277 e. The topological polar surface area (TPSA) is 110 Å². The number of H-pyrrole nitrogens is 1. The van der Waals surface area contributed by atoms with E-state index in [1.54, 1.807) is 24.3 Å². The normalized spacial score (nSPS) is 10.0. The predicted octanol–water partition coefficient (Wildman–Crippen LogP) is 1.73. The highest BCUT2D eigenvalue weighted by molar-refractivity contribution is 7.99. The standard InChI is InChI=1S/C16H16N4O3S/c1-3-9-24-16-19-13(17)12(15(22)20-16)18-14(21)10-5-7-11(8-6-10)23-4-2/h1,5-8H,4,9H2,2H3,(H,18,21)(H3,17,19,20,22). The van der Waals surface area contributed by atoms with Gasteiger partial charge in [-0.3, -0.25) is 14.6 Å². The number of nitrogens with zero attached hydrogens (tertiary/aromatic N) is 1. The molecule has 1 heterocycles. The Morgan fingerprint density at radius 3 is 2.75 bits per heavy atom. The minimum atomic E-state index is -0.540. The van der Waals surface area contributed by atoms with E-state index < -0.39 is 11.5 Å². The second-order valence-corrected chi connectivity index (χ2v) is 5.50. The summed E-state index contributed by atoms with van der Waals surface area (Å²) in [6, 6.07) is 6.53. The fourth-order valence-corrected chi connectivity index (χ4v) is 2.37. The molecule has 0 saturated carbocycles. The molecule has 124 valence electrons. The van der Waals surface area contributed by atoms with Crippen molar-refractivity contribution in [3.63, 3.8) is 0 Å². The number of carbonyl (C=O) groups is 1. The van der Waals surface area contributed by atoms with Crippen LogP contribution in [0.1, 0.15) is 17.3 Å². The minimum Gasteiger partial charge on any atom is -0.494 e. The number of hydrogen-bond acceptors (Lipinski definition) is 6. The third kappa shape index (κ3) is 4.30. The first-order valence-electron chi connectivity index (χ1n) is 7.05. The predicted molar refractivity (Wildman–Crippen MR) is 94.4 cm³/mol. The van der Waals surface area contributed by atoms with Crippen LogP contribution in [0.25, 0.3) is 0 Å². The number of aromatic nitrogens is 2. The van der Waals surface area contributed by atoms with Crippen molar-refractivity contribution in [3.05, 3.63) is 40.2 Å². The van der Waals surface area contributed by atoms with E-state index in [0.717, 1.165) is 0 Å². The van der Waals surface area contributed by atoms with Gasteiger partial charge < -0.3 is 15.8 Å². The van der Waals surface area contributed by atoms with Crippen LogP contribution in [-0.4, -0.2) is 28.2 Å². The van der Waals surface area contributed by atoms with E-state index in [0.29, 0.717) is 28.8 Å². The van der Waals surface area contributed by atoms with Gasteiger partial charge in [0.2, 0.25) is 0 Å². The zero-order valence-electron chi connectivity index (χ0n) is 13.0. The fraction of sp³-hybridized carbons (Fsp3) is 0.188. The molecule has 2 aromatic rings. The van der Waals surface area contributed by atoms with Gasteiger partial charge in [0.1, 0.15) is 11.4 Å². The van der Waals surface area contributed by atoms with Gasteiger partial charge >= 0.3 is 0 Å². The number of anilines is 2. The second-order valence-electron chi connectivity index (χ2n) is 4.54. The summed E-state index contributed by atoms with van der Waals surface area (Å²) < 4.78 is 5.31. The number of amides is 1. The fourth-order valence-electron chi connectivity index (χ4n) is 1.82. The Morgan fingerprint density at radius 2 is 2.17 bits per heavy atom. The summed E-state index contributed by atoms with van der Waals surface area (Å²) in [6.45, 7) is 2.40. The largest absolute Gasteiger partial charge is 0.494 e. The Morgan fingerprint density at radius 1 is 1.46 bits per heavy atom. The van der Waals surface area contributed by atoms with E-state index in [2.05, 4.69) is 21.2 Å². The zero-order chi connectivity index (χ0) is 17.5. The van der Waals surface area contributed by atoms with Gasteiger partial charge in [-0.05, 0) is 31.2 Å². The molecule has 0 spiro atoms. The number of nitrogen functional groups attached to an aromatic ring is 1. The van der Waals surface area contributed by atoms with Gasteiger partial charge in [-0.25, -0.2) is 4.98 Å². The van der Waals surface area contributed by atoms with Crippen molar-refractivity contribution in [1.29, 1.82) is 0 Å². The summed E-state index contributed by atoms with van der Waals surface area (Å²) >= 11 is 1.17. The highest BCUT2D eigenvalue weighted by Crippen LogP contribution is 2.17. The maximum atomic E-state index is 12.2. The Hall–Kier alpha value is -2.92. The SMILES string of the molecule is C#CCSc1nc(N)c(NC(=O)c2ccc(OCC)cc2)c(=O)[nH]1. The number of ether oxygens (including phenoxy) is 1. The summed E-state index contributed by atoms with van der Waals surface area (Å²) in [5.74, 6) is 2.88. The van der Waals surface area contributed by atoms with Crippen LogP contribution in [0.15, 0.2) is 34.2 Å². The van der Waals surface area contributed by atoms with Crippen molar-refractivity contribution in [2.24, 2.45) is 0 Å². The highest BCUT2D eigenvalue weighted by atomic mass is 32.2. The molecule has 8 heteroatoms. The molecule has 0 saturated heterocycles. The average Bonchev–Trinajstić information content (AvgIpc) is 2.57. The lowest BCUT2D eigenvalue weighted by Gasteiger charge is -2.08. The highest BCUT2D eigenvalue weighted by Gasteiger charge is 2.14. The van der Waals surface area contributed by atoms with Crippen LogP contribution in [0.2, 0.25) is 0 Å². The van der Waals surface area contributed by atoms with Gasteiger partial charge in [-0.15, -0.1) is 6.42 Å². The molecule has 0 bridgehead atoms. The van der Waals surface area contributed by atoms with Crippen molar-refractivity contribution < 1.29 is 9.53 Å². The van der Waals surface area contributed by atoms with Gasteiger partial charge in [0.05, 0.1) is 12.4 Å². The Balaban J connectivity index is 2.16. The van der Waals surface area contributed by atoms with Gasteiger partial charge in [-0.1, -0.05) is 17.7 Å². The molecule has 1 amide bonds. The zero-order valence-corrected chi connectivity index (χ0v) is 13.8. The molecule has 0 unspecified atom stereocenters. The van der Waals surface area contributed by atoms with Crippen LogP contribution in [0.4, 0.5) is 11.5 Å². The van der Waals surface area contributed by atoms with E-state index >= 15 is 0 Å². The van der Waals surface area contributed by atoms with Crippen LogP contribution in [0.5, 0.6) is 5.75 Å². The molecule has 1 aromatic carbocycles. The van der Waals surface area contributed by atoms with Crippen LogP contribution < -0.4 is 21.3 Å². The van der Waals surface area contributed by atoms with Crippen molar-refractivity contribution in [3.8, 4) is 18.1 Å². The van der Waals surface area contributed by atoms with Crippen molar-refractivity contribution in [2.75, 3.05) is 23.4 Å². The molecule has 7 nitrogen and oxygen atoms in total. The molecule has 0 aliphatic heterocycles.